The molecule has 0 amide bonds. The second-order valence-electron chi connectivity index (χ2n) is 4.26. The molecule has 0 aromatic heterocycles. The topological polar surface area (TPSA) is 9.23 Å². The standard InChI is InChI=1S/C13H20O/c1-10(2)13(14-11(3)4)12-8-6-5-7-9-12/h5-11,13H,1-4H3/t13-/m1/s1. The number of benzene rings is 1. The number of hydrogen-bond donors (Lipinski definition) is 0. The fourth-order valence-corrected chi connectivity index (χ4v) is 1.56. The summed E-state index contributed by atoms with van der Waals surface area (Å²) in [4.78, 5) is 0. The molecule has 0 fully saturated rings. The average Bonchev–Trinajstić information content (AvgIpc) is 2.15. The van der Waals surface area contributed by atoms with Gasteiger partial charge in [-0.15, -0.1) is 0 Å². The van der Waals surface area contributed by atoms with Crippen LogP contribution in [0.3, 0.4) is 0 Å². The first-order valence-corrected chi connectivity index (χ1v) is 5.31. The van der Waals surface area contributed by atoms with Crippen LogP contribution < -0.4 is 0 Å². The second kappa shape index (κ2) is 5.16. The van der Waals surface area contributed by atoms with E-state index in [2.05, 4.69) is 52.0 Å². The van der Waals surface area contributed by atoms with Gasteiger partial charge in [-0.05, 0) is 25.3 Å². The van der Waals surface area contributed by atoms with E-state index in [1.54, 1.807) is 0 Å². The first-order chi connectivity index (χ1) is 6.61. The summed E-state index contributed by atoms with van der Waals surface area (Å²) in [5.41, 5.74) is 1.27. The summed E-state index contributed by atoms with van der Waals surface area (Å²) in [5.74, 6) is 0.514. The van der Waals surface area contributed by atoms with Crippen LogP contribution in [0.25, 0.3) is 0 Å². The van der Waals surface area contributed by atoms with Gasteiger partial charge < -0.3 is 4.74 Å². The minimum Gasteiger partial charge on any atom is -0.371 e. The van der Waals surface area contributed by atoms with E-state index in [1.807, 2.05) is 6.07 Å². The Bertz CT molecular complexity index is 251. The predicted molar refractivity (Wildman–Crippen MR) is 60.2 cm³/mol. The Morgan fingerprint density at radius 2 is 1.50 bits per heavy atom. The molecule has 0 radical (unpaired) electrons. The van der Waals surface area contributed by atoms with Gasteiger partial charge in [0.15, 0.2) is 0 Å². The number of rotatable bonds is 4. The third-order valence-electron chi connectivity index (χ3n) is 2.15. The SMILES string of the molecule is CC(C)O[C@@H](c1ccccc1)C(C)C. The molecule has 1 rings (SSSR count). The Balaban J connectivity index is 2.78. The van der Waals surface area contributed by atoms with Crippen molar-refractivity contribution in [3.8, 4) is 0 Å². The molecular weight excluding hydrogens is 172 g/mol. The van der Waals surface area contributed by atoms with Gasteiger partial charge in [0, 0.05) is 0 Å². The van der Waals surface area contributed by atoms with Crippen LogP contribution in [0.4, 0.5) is 0 Å². The maximum Gasteiger partial charge on any atom is 0.0851 e. The van der Waals surface area contributed by atoms with Gasteiger partial charge in [0.25, 0.3) is 0 Å². The van der Waals surface area contributed by atoms with Crippen LogP contribution in [-0.4, -0.2) is 6.10 Å². The Kier molecular flexibility index (Phi) is 4.15. The summed E-state index contributed by atoms with van der Waals surface area (Å²) in [7, 11) is 0. The normalized spacial score (nSPS) is 13.6. The molecule has 1 nitrogen and oxygen atoms in total. The Hall–Kier alpha value is -0.820. The average molecular weight is 192 g/mol. The van der Waals surface area contributed by atoms with Gasteiger partial charge in [-0.25, -0.2) is 0 Å². The zero-order valence-corrected chi connectivity index (χ0v) is 9.53. The lowest BCUT2D eigenvalue weighted by Crippen LogP contribution is -2.15. The van der Waals surface area contributed by atoms with E-state index in [9.17, 15) is 0 Å². The summed E-state index contributed by atoms with van der Waals surface area (Å²) in [6, 6.07) is 10.4. The van der Waals surface area contributed by atoms with Gasteiger partial charge >= 0.3 is 0 Å². The number of hydrogen-bond acceptors (Lipinski definition) is 1. The van der Waals surface area contributed by atoms with Crippen LogP contribution in [0.1, 0.15) is 39.4 Å². The maximum atomic E-state index is 5.90. The van der Waals surface area contributed by atoms with E-state index in [-0.39, 0.29) is 12.2 Å². The Morgan fingerprint density at radius 3 is 1.93 bits per heavy atom. The molecule has 0 heterocycles. The highest BCUT2D eigenvalue weighted by molar-refractivity contribution is 5.18. The van der Waals surface area contributed by atoms with Crippen molar-refractivity contribution in [2.75, 3.05) is 0 Å². The molecule has 0 bridgehead atoms. The van der Waals surface area contributed by atoms with Crippen LogP contribution >= 0.6 is 0 Å². The summed E-state index contributed by atoms with van der Waals surface area (Å²) >= 11 is 0. The molecule has 0 saturated carbocycles. The molecule has 0 aliphatic carbocycles. The Labute approximate surface area is 87.1 Å². The van der Waals surface area contributed by atoms with Crippen molar-refractivity contribution in [2.24, 2.45) is 5.92 Å². The highest BCUT2D eigenvalue weighted by atomic mass is 16.5. The summed E-state index contributed by atoms with van der Waals surface area (Å²) < 4.78 is 5.90. The summed E-state index contributed by atoms with van der Waals surface area (Å²) in [6.45, 7) is 8.55. The van der Waals surface area contributed by atoms with Gasteiger partial charge in [0.05, 0.1) is 12.2 Å². The molecule has 78 valence electrons. The fraction of sp³-hybridized carbons (Fsp3) is 0.538. The van der Waals surface area contributed by atoms with Crippen molar-refractivity contribution in [1.82, 2.24) is 0 Å². The maximum absolute atomic E-state index is 5.90. The van der Waals surface area contributed by atoms with Crippen LogP contribution in [0.2, 0.25) is 0 Å². The zero-order valence-electron chi connectivity index (χ0n) is 9.53. The van der Waals surface area contributed by atoms with Gasteiger partial charge in [-0.2, -0.15) is 0 Å². The predicted octanol–water partition coefficient (Wildman–Crippen LogP) is 3.81. The minimum atomic E-state index is 0.219. The van der Waals surface area contributed by atoms with Crippen LogP contribution in [0.15, 0.2) is 30.3 Å². The molecule has 0 spiro atoms. The van der Waals surface area contributed by atoms with E-state index in [0.717, 1.165) is 0 Å². The second-order valence-corrected chi connectivity index (χ2v) is 4.26. The first kappa shape index (κ1) is 11.3. The van der Waals surface area contributed by atoms with Gasteiger partial charge in [-0.1, -0.05) is 44.2 Å². The van der Waals surface area contributed by atoms with Crippen LogP contribution in [0, 0.1) is 5.92 Å². The highest BCUT2D eigenvalue weighted by Gasteiger charge is 2.16. The van der Waals surface area contributed by atoms with Crippen LogP contribution in [0.5, 0.6) is 0 Å². The van der Waals surface area contributed by atoms with Crippen molar-refractivity contribution in [2.45, 2.75) is 39.9 Å². The minimum absolute atomic E-state index is 0.219. The van der Waals surface area contributed by atoms with Gasteiger partial charge in [-0.3, -0.25) is 0 Å². The van der Waals surface area contributed by atoms with Crippen molar-refractivity contribution < 1.29 is 4.74 Å². The quantitative estimate of drug-likeness (QED) is 0.705. The summed E-state index contributed by atoms with van der Waals surface area (Å²) in [6.07, 6.45) is 0.499. The fourth-order valence-electron chi connectivity index (χ4n) is 1.56. The molecule has 0 saturated heterocycles. The van der Waals surface area contributed by atoms with Crippen molar-refractivity contribution in [1.29, 1.82) is 0 Å². The van der Waals surface area contributed by atoms with Crippen LogP contribution in [-0.2, 0) is 4.74 Å². The molecule has 0 aliphatic rings. The lowest BCUT2D eigenvalue weighted by atomic mass is 9.99. The van der Waals surface area contributed by atoms with E-state index >= 15 is 0 Å². The molecule has 14 heavy (non-hydrogen) atoms. The molecule has 0 unspecified atom stereocenters. The molecule has 0 aliphatic heterocycles. The summed E-state index contributed by atoms with van der Waals surface area (Å²) in [5, 5.41) is 0. The first-order valence-electron chi connectivity index (χ1n) is 5.31. The molecular formula is C13H20O. The third kappa shape index (κ3) is 3.15. The van der Waals surface area contributed by atoms with Gasteiger partial charge in [0.1, 0.15) is 0 Å². The zero-order chi connectivity index (χ0) is 10.6. The molecule has 1 atom stereocenters. The van der Waals surface area contributed by atoms with E-state index in [4.69, 9.17) is 4.74 Å². The molecule has 1 heteroatoms. The molecule has 1 aromatic rings. The molecule has 0 N–H and O–H groups in total. The van der Waals surface area contributed by atoms with Crippen molar-refractivity contribution in [3.63, 3.8) is 0 Å². The molecule has 1 aromatic carbocycles. The third-order valence-corrected chi connectivity index (χ3v) is 2.15. The monoisotopic (exact) mass is 192 g/mol. The van der Waals surface area contributed by atoms with E-state index < -0.39 is 0 Å². The largest absolute Gasteiger partial charge is 0.371 e. The highest BCUT2D eigenvalue weighted by Crippen LogP contribution is 2.26. The van der Waals surface area contributed by atoms with Crippen molar-refractivity contribution in [3.05, 3.63) is 35.9 Å². The smallest absolute Gasteiger partial charge is 0.0851 e. The van der Waals surface area contributed by atoms with Gasteiger partial charge in [0.2, 0.25) is 0 Å². The lowest BCUT2D eigenvalue weighted by molar-refractivity contribution is -0.0199. The van der Waals surface area contributed by atoms with E-state index in [0.29, 0.717) is 5.92 Å². The van der Waals surface area contributed by atoms with Crippen molar-refractivity contribution >= 4 is 0 Å². The lowest BCUT2D eigenvalue weighted by Gasteiger charge is -2.24. The van der Waals surface area contributed by atoms with E-state index in [1.165, 1.54) is 5.56 Å². The Morgan fingerprint density at radius 1 is 0.929 bits per heavy atom. The number of ether oxygens (including phenoxy) is 1.